The van der Waals surface area contributed by atoms with Crippen LogP contribution in [-0.2, 0) is 11.2 Å². The van der Waals surface area contributed by atoms with Gasteiger partial charge in [-0.2, -0.15) is 0 Å². The molecule has 5 nitrogen and oxygen atoms in total. The first kappa shape index (κ1) is 17.2. The summed E-state index contributed by atoms with van der Waals surface area (Å²) >= 11 is 5.98. The summed E-state index contributed by atoms with van der Waals surface area (Å²) in [4.78, 5) is 15.1. The number of aromatic amines is 1. The third-order valence-electron chi connectivity index (χ3n) is 3.87. The van der Waals surface area contributed by atoms with Gasteiger partial charge in [-0.15, -0.1) is 0 Å². The fourth-order valence-corrected chi connectivity index (χ4v) is 2.81. The lowest BCUT2D eigenvalue weighted by Crippen LogP contribution is -2.30. The second kappa shape index (κ2) is 7.94. The van der Waals surface area contributed by atoms with Gasteiger partial charge in [0, 0.05) is 28.7 Å². The summed E-state index contributed by atoms with van der Waals surface area (Å²) in [6, 6.07) is 13.0. The summed E-state index contributed by atoms with van der Waals surface area (Å²) in [6.07, 6.45) is 2.67. The average molecular weight is 359 g/mol. The van der Waals surface area contributed by atoms with Crippen LogP contribution in [0.4, 0.5) is 0 Å². The summed E-state index contributed by atoms with van der Waals surface area (Å²) in [5.41, 5.74) is 2.13. The topological polar surface area (TPSA) is 63.4 Å². The van der Waals surface area contributed by atoms with Crippen LogP contribution in [0.5, 0.6) is 11.5 Å². The molecule has 3 rings (SSSR count). The maximum Gasteiger partial charge on any atom is 0.257 e. The van der Waals surface area contributed by atoms with E-state index >= 15 is 0 Å². The lowest BCUT2D eigenvalue weighted by atomic mass is 10.1. The van der Waals surface area contributed by atoms with Gasteiger partial charge >= 0.3 is 0 Å². The van der Waals surface area contributed by atoms with Crippen LogP contribution in [0.1, 0.15) is 5.56 Å². The molecule has 1 amide bonds. The largest absolute Gasteiger partial charge is 0.493 e. The lowest BCUT2D eigenvalue weighted by Gasteiger charge is -2.10. The van der Waals surface area contributed by atoms with Crippen molar-refractivity contribution in [3.05, 3.63) is 59.2 Å². The van der Waals surface area contributed by atoms with Gasteiger partial charge in [0.05, 0.1) is 7.11 Å². The molecule has 2 N–H and O–H groups in total. The van der Waals surface area contributed by atoms with Crippen LogP contribution in [0.3, 0.4) is 0 Å². The van der Waals surface area contributed by atoms with Crippen molar-refractivity contribution in [2.75, 3.05) is 20.3 Å². The molecule has 0 saturated carbocycles. The third kappa shape index (κ3) is 4.25. The highest BCUT2D eigenvalue weighted by molar-refractivity contribution is 6.31. The van der Waals surface area contributed by atoms with E-state index in [2.05, 4.69) is 10.3 Å². The van der Waals surface area contributed by atoms with E-state index in [1.54, 1.807) is 19.2 Å². The zero-order valence-corrected chi connectivity index (χ0v) is 14.6. The maximum atomic E-state index is 12.0. The Morgan fingerprint density at radius 1 is 1.20 bits per heavy atom. The van der Waals surface area contributed by atoms with Crippen molar-refractivity contribution in [3.63, 3.8) is 0 Å². The molecule has 0 saturated heterocycles. The first-order valence-corrected chi connectivity index (χ1v) is 8.33. The number of H-pyrrole nitrogens is 1. The number of methoxy groups -OCH3 is 1. The number of rotatable bonds is 7. The molecule has 25 heavy (non-hydrogen) atoms. The molecule has 1 heterocycles. The van der Waals surface area contributed by atoms with E-state index in [4.69, 9.17) is 21.1 Å². The molecule has 3 aromatic rings. The number of hydrogen-bond acceptors (Lipinski definition) is 3. The minimum Gasteiger partial charge on any atom is -0.493 e. The van der Waals surface area contributed by atoms with Crippen molar-refractivity contribution < 1.29 is 14.3 Å². The number of aromatic nitrogens is 1. The summed E-state index contributed by atoms with van der Waals surface area (Å²) in [6.45, 7) is 0.480. The van der Waals surface area contributed by atoms with Crippen LogP contribution in [0.2, 0.25) is 5.02 Å². The van der Waals surface area contributed by atoms with Crippen LogP contribution in [0.15, 0.2) is 48.7 Å². The Balaban J connectivity index is 1.49. The van der Waals surface area contributed by atoms with Gasteiger partial charge in [-0.05, 0) is 36.2 Å². The van der Waals surface area contributed by atoms with Crippen LogP contribution >= 0.6 is 11.6 Å². The molecule has 0 bridgehead atoms. The molecule has 1 aromatic heterocycles. The molecular formula is C19H19ClN2O3. The molecule has 6 heteroatoms. The second-order valence-corrected chi connectivity index (χ2v) is 5.98. The van der Waals surface area contributed by atoms with E-state index in [0.29, 0.717) is 23.1 Å². The molecule has 0 aliphatic heterocycles. The highest BCUT2D eigenvalue weighted by Crippen LogP contribution is 2.25. The van der Waals surface area contributed by atoms with Gasteiger partial charge in [-0.1, -0.05) is 29.8 Å². The standard InChI is InChI=1S/C19H19ClN2O3/c1-24-17-4-2-3-5-18(17)25-12-19(23)21-9-8-13-11-22-16-10-14(20)6-7-15(13)16/h2-7,10-11,22H,8-9,12H2,1H3,(H,21,23). The van der Waals surface area contributed by atoms with Crippen molar-refractivity contribution in [2.45, 2.75) is 6.42 Å². The number of para-hydroxylation sites is 2. The van der Waals surface area contributed by atoms with Gasteiger partial charge in [0.2, 0.25) is 0 Å². The number of carbonyl (C=O) groups is 1. The number of amides is 1. The van der Waals surface area contributed by atoms with Gasteiger partial charge in [0.1, 0.15) is 0 Å². The SMILES string of the molecule is COc1ccccc1OCC(=O)NCCc1c[nH]c2cc(Cl)ccc12. The van der Waals surface area contributed by atoms with E-state index < -0.39 is 0 Å². The van der Waals surface area contributed by atoms with Crippen LogP contribution in [-0.4, -0.2) is 31.2 Å². The molecule has 0 unspecified atom stereocenters. The Bertz CT molecular complexity index is 876. The fourth-order valence-electron chi connectivity index (χ4n) is 2.63. The zero-order valence-electron chi connectivity index (χ0n) is 13.8. The second-order valence-electron chi connectivity index (χ2n) is 5.54. The van der Waals surface area contributed by atoms with Crippen molar-refractivity contribution >= 4 is 28.4 Å². The maximum absolute atomic E-state index is 12.0. The monoisotopic (exact) mass is 358 g/mol. The summed E-state index contributed by atoms with van der Waals surface area (Å²) in [7, 11) is 1.57. The predicted molar refractivity (Wildman–Crippen MR) is 98.5 cm³/mol. The van der Waals surface area contributed by atoms with E-state index in [1.807, 2.05) is 36.5 Å². The highest BCUT2D eigenvalue weighted by atomic mass is 35.5. The summed E-state index contributed by atoms with van der Waals surface area (Å²) in [5, 5.41) is 4.67. The number of benzene rings is 2. The van der Waals surface area contributed by atoms with Crippen molar-refractivity contribution in [2.24, 2.45) is 0 Å². The molecule has 0 aliphatic rings. The van der Waals surface area contributed by atoms with Crippen molar-refractivity contribution in [1.29, 1.82) is 0 Å². The van der Waals surface area contributed by atoms with Crippen LogP contribution < -0.4 is 14.8 Å². The van der Waals surface area contributed by atoms with E-state index in [0.717, 1.165) is 22.9 Å². The minimum atomic E-state index is -0.172. The normalized spacial score (nSPS) is 10.6. The lowest BCUT2D eigenvalue weighted by molar-refractivity contribution is -0.123. The number of nitrogens with one attached hydrogen (secondary N) is 2. The average Bonchev–Trinajstić information content (AvgIpc) is 3.02. The molecule has 0 atom stereocenters. The Morgan fingerprint density at radius 2 is 2.00 bits per heavy atom. The number of hydrogen-bond donors (Lipinski definition) is 2. The Morgan fingerprint density at radius 3 is 2.80 bits per heavy atom. The highest BCUT2D eigenvalue weighted by Gasteiger charge is 2.08. The molecule has 0 fully saturated rings. The van der Waals surface area contributed by atoms with E-state index in [-0.39, 0.29) is 12.5 Å². The first-order chi connectivity index (χ1) is 12.2. The van der Waals surface area contributed by atoms with Gasteiger partial charge < -0.3 is 19.8 Å². The number of ether oxygens (including phenoxy) is 2. The molecule has 2 aromatic carbocycles. The van der Waals surface area contributed by atoms with E-state index in [1.165, 1.54) is 0 Å². The Kier molecular flexibility index (Phi) is 5.46. The zero-order chi connectivity index (χ0) is 17.6. The fraction of sp³-hybridized carbons (Fsp3) is 0.211. The third-order valence-corrected chi connectivity index (χ3v) is 4.11. The van der Waals surface area contributed by atoms with Crippen LogP contribution in [0.25, 0.3) is 10.9 Å². The minimum absolute atomic E-state index is 0.0517. The molecule has 0 spiro atoms. The predicted octanol–water partition coefficient (Wildman–Crippen LogP) is 3.57. The van der Waals surface area contributed by atoms with E-state index in [9.17, 15) is 4.79 Å². The van der Waals surface area contributed by atoms with Gasteiger partial charge in [0.15, 0.2) is 18.1 Å². The number of carbonyl (C=O) groups excluding carboxylic acids is 1. The quantitative estimate of drug-likeness (QED) is 0.678. The summed E-state index contributed by atoms with van der Waals surface area (Å²) in [5.74, 6) is 0.982. The molecule has 0 radical (unpaired) electrons. The molecule has 130 valence electrons. The Labute approximate surface area is 150 Å². The summed E-state index contributed by atoms with van der Waals surface area (Å²) < 4.78 is 10.7. The smallest absolute Gasteiger partial charge is 0.257 e. The van der Waals surface area contributed by atoms with Gasteiger partial charge in [-0.25, -0.2) is 0 Å². The Hall–Kier alpha value is -2.66. The van der Waals surface area contributed by atoms with Crippen LogP contribution in [0, 0.1) is 0 Å². The van der Waals surface area contributed by atoms with Crippen molar-refractivity contribution in [1.82, 2.24) is 10.3 Å². The van der Waals surface area contributed by atoms with Gasteiger partial charge in [0.25, 0.3) is 5.91 Å². The first-order valence-electron chi connectivity index (χ1n) is 7.95. The number of fused-ring (bicyclic) bond motifs is 1. The van der Waals surface area contributed by atoms with Crippen molar-refractivity contribution in [3.8, 4) is 11.5 Å². The molecule has 0 aliphatic carbocycles. The molecular weight excluding hydrogens is 340 g/mol. The number of halogens is 1. The van der Waals surface area contributed by atoms with Gasteiger partial charge in [-0.3, -0.25) is 4.79 Å².